The molecule has 0 radical (unpaired) electrons. The van der Waals surface area contributed by atoms with Crippen LogP contribution in [0.15, 0.2) is 35.1 Å². The lowest BCUT2D eigenvalue weighted by atomic mass is 10.2. The summed E-state index contributed by atoms with van der Waals surface area (Å²) in [5.41, 5.74) is 1.89. The molecule has 60 valence electrons. The summed E-state index contributed by atoms with van der Waals surface area (Å²) < 4.78 is 0.763. The predicted molar refractivity (Wildman–Crippen MR) is 56.4 cm³/mol. The molecule has 1 N–H and O–H groups in total. The third-order valence-corrected chi connectivity index (χ3v) is 2.79. The van der Waals surface area contributed by atoms with Crippen LogP contribution in [-0.4, -0.2) is 4.98 Å². The van der Waals surface area contributed by atoms with Crippen molar-refractivity contribution in [3.05, 3.63) is 44.3 Å². The molecule has 0 aromatic carbocycles. The van der Waals surface area contributed by atoms with Gasteiger partial charge in [-0.15, -0.1) is 0 Å². The van der Waals surface area contributed by atoms with Crippen molar-refractivity contribution in [1.82, 2.24) is 4.98 Å². The van der Waals surface area contributed by atoms with Crippen molar-refractivity contribution >= 4 is 22.6 Å². The third-order valence-electron chi connectivity index (χ3n) is 1.72. The lowest BCUT2D eigenvalue weighted by Gasteiger charge is -1.87. The Labute approximate surface area is 83.1 Å². The Kier molecular flexibility index (Phi) is 1.88. The molecule has 0 atom stereocenters. The second-order valence-electron chi connectivity index (χ2n) is 2.51. The van der Waals surface area contributed by atoms with Gasteiger partial charge in [0.25, 0.3) is 5.56 Å². The van der Waals surface area contributed by atoms with Crippen LogP contribution in [0.5, 0.6) is 0 Å². The molecule has 1 aliphatic heterocycles. The van der Waals surface area contributed by atoms with E-state index in [9.17, 15) is 4.79 Å². The van der Waals surface area contributed by atoms with Crippen LogP contribution in [0.3, 0.4) is 0 Å². The molecule has 2 rings (SSSR count). The highest BCUT2D eigenvalue weighted by atomic mass is 127. The molecular weight excluding hydrogens is 265 g/mol. The Morgan fingerprint density at radius 1 is 1.17 bits per heavy atom. The molecular formula is C9H6INO. The van der Waals surface area contributed by atoms with Crippen LogP contribution >= 0.6 is 22.6 Å². The molecule has 0 amide bonds. The van der Waals surface area contributed by atoms with Crippen LogP contribution in [0, 0.1) is 3.57 Å². The molecule has 0 saturated heterocycles. The zero-order valence-corrected chi connectivity index (χ0v) is 8.33. The zero-order chi connectivity index (χ0) is 8.55. The highest BCUT2D eigenvalue weighted by Crippen LogP contribution is 2.21. The number of aromatic nitrogens is 1. The van der Waals surface area contributed by atoms with Crippen molar-refractivity contribution in [2.45, 2.75) is 0 Å². The molecule has 3 heteroatoms. The average Bonchev–Trinajstić information content (AvgIpc) is 2.30. The topological polar surface area (TPSA) is 32.9 Å². The van der Waals surface area contributed by atoms with Crippen LogP contribution in [0.1, 0.15) is 0 Å². The van der Waals surface area contributed by atoms with Crippen LogP contribution in [0.25, 0.3) is 11.3 Å². The summed E-state index contributed by atoms with van der Waals surface area (Å²) in [5.74, 6) is 0. The summed E-state index contributed by atoms with van der Waals surface area (Å²) >= 11 is 2.06. The highest BCUT2D eigenvalue weighted by molar-refractivity contribution is 14.1. The van der Waals surface area contributed by atoms with Gasteiger partial charge in [-0.05, 0) is 28.7 Å². The smallest absolute Gasteiger partial charge is 0.262 e. The van der Waals surface area contributed by atoms with Crippen molar-refractivity contribution < 1.29 is 0 Å². The van der Waals surface area contributed by atoms with Gasteiger partial charge in [-0.2, -0.15) is 0 Å². The van der Waals surface area contributed by atoms with Crippen molar-refractivity contribution in [3.8, 4) is 11.3 Å². The lowest BCUT2D eigenvalue weighted by molar-refractivity contribution is 1.31. The van der Waals surface area contributed by atoms with Crippen LogP contribution in [0.4, 0.5) is 0 Å². The molecule has 2 nitrogen and oxygen atoms in total. The Balaban J connectivity index is 2.88. The summed E-state index contributed by atoms with van der Waals surface area (Å²) in [5, 5.41) is 0. The first-order chi connectivity index (χ1) is 5.79. The van der Waals surface area contributed by atoms with Gasteiger partial charge < -0.3 is 4.98 Å². The molecule has 12 heavy (non-hydrogen) atoms. The van der Waals surface area contributed by atoms with E-state index in [0.717, 1.165) is 14.8 Å². The van der Waals surface area contributed by atoms with E-state index in [1.54, 1.807) is 0 Å². The second-order valence-corrected chi connectivity index (χ2v) is 3.58. The first-order valence-corrected chi connectivity index (χ1v) is 4.63. The van der Waals surface area contributed by atoms with Gasteiger partial charge in [0.1, 0.15) is 0 Å². The molecule has 0 bridgehead atoms. The van der Waals surface area contributed by atoms with E-state index >= 15 is 0 Å². The highest BCUT2D eigenvalue weighted by Gasteiger charge is 2.09. The fourth-order valence-corrected chi connectivity index (χ4v) is 1.75. The van der Waals surface area contributed by atoms with E-state index < -0.39 is 0 Å². The van der Waals surface area contributed by atoms with Crippen molar-refractivity contribution in [2.24, 2.45) is 0 Å². The quantitative estimate of drug-likeness (QED) is 0.731. The van der Waals surface area contributed by atoms with Gasteiger partial charge in [0.15, 0.2) is 0 Å². The van der Waals surface area contributed by atoms with Gasteiger partial charge in [-0.3, -0.25) is 4.79 Å². The Hall–Kier alpha value is -0.840. The average molecular weight is 271 g/mol. The monoisotopic (exact) mass is 271 g/mol. The summed E-state index contributed by atoms with van der Waals surface area (Å²) in [4.78, 5) is 14.0. The van der Waals surface area contributed by atoms with E-state index in [2.05, 4.69) is 27.6 Å². The lowest BCUT2D eigenvalue weighted by Crippen LogP contribution is -1.99. The first-order valence-electron chi connectivity index (χ1n) is 3.55. The summed E-state index contributed by atoms with van der Waals surface area (Å²) in [6.07, 6.45) is 0. The van der Waals surface area contributed by atoms with Gasteiger partial charge in [0.2, 0.25) is 0 Å². The fraction of sp³-hybridized carbons (Fsp3) is 0. The van der Waals surface area contributed by atoms with Crippen molar-refractivity contribution in [1.29, 1.82) is 0 Å². The minimum absolute atomic E-state index is 0.00296. The Morgan fingerprint density at radius 2 is 1.92 bits per heavy atom. The number of rotatable bonds is 0. The number of fused-ring (bicyclic) bond motifs is 1. The summed E-state index contributed by atoms with van der Waals surface area (Å²) in [7, 11) is 0. The Morgan fingerprint density at radius 3 is 2.75 bits per heavy atom. The Bertz CT molecular complexity index is 435. The SMILES string of the molecule is O=c1[nH]c2cccccc-2c1I. The molecule has 0 fully saturated rings. The number of halogens is 1. The summed E-state index contributed by atoms with van der Waals surface area (Å²) in [6, 6.07) is 9.62. The molecule has 0 aromatic heterocycles. The maximum Gasteiger partial charge on any atom is 0.262 e. The number of hydrogen-bond donors (Lipinski definition) is 1. The third kappa shape index (κ3) is 1.14. The van der Waals surface area contributed by atoms with Gasteiger partial charge in [0.05, 0.1) is 3.57 Å². The van der Waals surface area contributed by atoms with Crippen LogP contribution < -0.4 is 5.56 Å². The van der Waals surface area contributed by atoms with Crippen LogP contribution in [0.2, 0.25) is 0 Å². The molecule has 1 aliphatic carbocycles. The van der Waals surface area contributed by atoms with E-state index in [0.29, 0.717) is 0 Å². The molecule has 0 unspecified atom stereocenters. The first kappa shape index (κ1) is 7.79. The number of hydrogen-bond acceptors (Lipinski definition) is 1. The molecule has 0 spiro atoms. The standard InChI is InChI=1S/C9H6INO/c10-8-6-4-2-1-3-5-7(6)11-9(8)12/h1-5H,(H,11,12). The van der Waals surface area contributed by atoms with E-state index in [1.165, 1.54) is 0 Å². The molecule has 0 aromatic rings. The fourth-order valence-electron chi connectivity index (χ4n) is 1.15. The van der Waals surface area contributed by atoms with E-state index in [-0.39, 0.29) is 5.56 Å². The van der Waals surface area contributed by atoms with E-state index in [4.69, 9.17) is 0 Å². The van der Waals surface area contributed by atoms with Gasteiger partial charge >= 0.3 is 0 Å². The summed E-state index contributed by atoms with van der Waals surface area (Å²) in [6.45, 7) is 0. The van der Waals surface area contributed by atoms with Gasteiger partial charge in [0, 0.05) is 11.3 Å². The van der Waals surface area contributed by atoms with Crippen molar-refractivity contribution in [2.75, 3.05) is 0 Å². The van der Waals surface area contributed by atoms with E-state index in [1.807, 2.05) is 30.3 Å². The predicted octanol–water partition coefficient (Wildman–Crippen LogP) is 2.08. The second kappa shape index (κ2) is 2.90. The molecule has 2 aliphatic rings. The minimum atomic E-state index is -0.00296. The number of H-pyrrole nitrogens is 1. The van der Waals surface area contributed by atoms with Crippen molar-refractivity contribution in [3.63, 3.8) is 0 Å². The number of nitrogens with one attached hydrogen (secondary N) is 1. The largest absolute Gasteiger partial charge is 0.321 e. The van der Waals surface area contributed by atoms with Crippen LogP contribution in [-0.2, 0) is 0 Å². The normalized spacial score (nSPS) is 10.4. The zero-order valence-electron chi connectivity index (χ0n) is 6.17. The van der Waals surface area contributed by atoms with Gasteiger partial charge in [-0.25, -0.2) is 0 Å². The number of aromatic amines is 1. The van der Waals surface area contributed by atoms with Gasteiger partial charge in [-0.1, -0.05) is 24.3 Å². The maximum atomic E-state index is 11.2. The molecule has 0 saturated carbocycles. The minimum Gasteiger partial charge on any atom is -0.321 e. The molecule has 1 heterocycles. The maximum absolute atomic E-state index is 11.2.